The van der Waals surface area contributed by atoms with Crippen molar-refractivity contribution in [1.82, 2.24) is 0 Å². The summed E-state index contributed by atoms with van der Waals surface area (Å²) < 4.78 is 4.97. The van der Waals surface area contributed by atoms with Crippen LogP contribution in [0.15, 0.2) is 30.3 Å². The maximum Gasteiger partial charge on any atom is 0.305 e. The van der Waals surface area contributed by atoms with Gasteiger partial charge in [0.1, 0.15) is 0 Å². The van der Waals surface area contributed by atoms with E-state index in [9.17, 15) is 4.79 Å². The lowest BCUT2D eigenvalue weighted by molar-refractivity contribution is -0.138. The third-order valence-corrected chi connectivity index (χ3v) is 2.57. The molecule has 16 heavy (non-hydrogen) atoms. The predicted octanol–water partition coefficient (Wildman–Crippen LogP) is 1.35. The maximum absolute atomic E-state index is 10.8. The minimum absolute atomic E-state index is 0.0969. The standard InChI is InChI=1S/C12H17NO3/c1-16-8-7-12(13,9-11(14)15)10-5-3-2-4-6-10/h2-6H,7-9,13H2,1H3,(H,14,15)/t12-/m0/s1. The summed E-state index contributed by atoms with van der Waals surface area (Å²) in [4.78, 5) is 10.8. The van der Waals surface area contributed by atoms with Gasteiger partial charge in [0.2, 0.25) is 0 Å². The van der Waals surface area contributed by atoms with E-state index in [-0.39, 0.29) is 6.42 Å². The number of nitrogens with two attached hydrogens (primary N) is 1. The lowest BCUT2D eigenvalue weighted by atomic mass is 9.85. The summed E-state index contributed by atoms with van der Waals surface area (Å²) >= 11 is 0. The number of carboxylic acid groups (broad SMARTS) is 1. The molecule has 0 aliphatic carbocycles. The van der Waals surface area contributed by atoms with Crippen molar-refractivity contribution in [3.8, 4) is 0 Å². The van der Waals surface area contributed by atoms with Gasteiger partial charge in [0.15, 0.2) is 0 Å². The average molecular weight is 223 g/mol. The number of aliphatic carboxylic acids is 1. The van der Waals surface area contributed by atoms with Crippen LogP contribution in [0.5, 0.6) is 0 Å². The molecule has 0 bridgehead atoms. The number of carboxylic acids is 1. The number of rotatable bonds is 6. The fourth-order valence-electron chi connectivity index (χ4n) is 1.66. The monoisotopic (exact) mass is 223 g/mol. The summed E-state index contributed by atoms with van der Waals surface area (Å²) in [5.74, 6) is -0.901. The van der Waals surface area contributed by atoms with Gasteiger partial charge >= 0.3 is 5.97 Å². The first-order valence-electron chi connectivity index (χ1n) is 5.13. The molecule has 0 radical (unpaired) electrons. The first-order chi connectivity index (χ1) is 7.58. The van der Waals surface area contributed by atoms with Gasteiger partial charge < -0.3 is 15.6 Å². The van der Waals surface area contributed by atoms with Crippen molar-refractivity contribution in [2.75, 3.05) is 13.7 Å². The Morgan fingerprint density at radius 1 is 1.44 bits per heavy atom. The smallest absolute Gasteiger partial charge is 0.305 e. The van der Waals surface area contributed by atoms with E-state index < -0.39 is 11.5 Å². The molecule has 0 fully saturated rings. The summed E-state index contributed by atoms with van der Waals surface area (Å²) in [6, 6.07) is 9.27. The van der Waals surface area contributed by atoms with E-state index in [4.69, 9.17) is 15.6 Å². The number of ether oxygens (including phenoxy) is 1. The van der Waals surface area contributed by atoms with Gasteiger partial charge in [-0.2, -0.15) is 0 Å². The van der Waals surface area contributed by atoms with Crippen molar-refractivity contribution in [3.63, 3.8) is 0 Å². The minimum atomic E-state index is -0.901. The van der Waals surface area contributed by atoms with Gasteiger partial charge in [-0.25, -0.2) is 0 Å². The first kappa shape index (κ1) is 12.7. The van der Waals surface area contributed by atoms with Crippen LogP contribution in [0, 0.1) is 0 Å². The maximum atomic E-state index is 10.8. The van der Waals surface area contributed by atoms with Gasteiger partial charge in [-0.05, 0) is 12.0 Å². The third-order valence-electron chi connectivity index (χ3n) is 2.57. The average Bonchev–Trinajstić information content (AvgIpc) is 2.27. The van der Waals surface area contributed by atoms with Crippen molar-refractivity contribution < 1.29 is 14.6 Å². The Hall–Kier alpha value is -1.39. The number of hydrogen-bond donors (Lipinski definition) is 2. The summed E-state index contributed by atoms with van der Waals surface area (Å²) in [5, 5.41) is 8.89. The zero-order chi connectivity index (χ0) is 12.0. The van der Waals surface area contributed by atoms with E-state index in [0.29, 0.717) is 13.0 Å². The SMILES string of the molecule is COCC[C@](N)(CC(=O)O)c1ccccc1. The summed E-state index contributed by atoms with van der Waals surface area (Å²) in [5.41, 5.74) is 6.12. The van der Waals surface area contributed by atoms with Gasteiger partial charge in [-0.15, -0.1) is 0 Å². The molecule has 0 aliphatic heterocycles. The second-order valence-electron chi connectivity index (χ2n) is 3.84. The second-order valence-corrected chi connectivity index (χ2v) is 3.84. The van der Waals surface area contributed by atoms with Gasteiger partial charge in [0.25, 0.3) is 0 Å². The Kier molecular flexibility index (Phi) is 4.46. The van der Waals surface area contributed by atoms with E-state index in [2.05, 4.69) is 0 Å². The number of benzene rings is 1. The molecule has 1 atom stereocenters. The van der Waals surface area contributed by atoms with Crippen LogP contribution >= 0.6 is 0 Å². The van der Waals surface area contributed by atoms with E-state index in [1.54, 1.807) is 7.11 Å². The van der Waals surface area contributed by atoms with Crippen molar-refractivity contribution in [3.05, 3.63) is 35.9 Å². The first-order valence-corrected chi connectivity index (χ1v) is 5.13. The molecule has 0 aliphatic rings. The molecular formula is C12H17NO3. The molecule has 0 saturated heterocycles. The Balaban J connectivity index is 2.90. The third kappa shape index (κ3) is 3.32. The van der Waals surface area contributed by atoms with Crippen LogP contribution in [-0.2, 0) is 15.1 Å². The van der Waals surface area contributed by atoms with Crippen LogP contribution in [0.4, 0.5) is 0 Å². The van der Waals surface area contributed by atoms with Crippen molar-refractivity contribution in [2.24, 2.45) is 5.73 Å². The number of hydrogen-bond acceptors (Lipinski definition) is 3. The molecule has 1 aromatic carbocycles. The zero-order valence-electron chi connectivity index (χ0n) is 9.35. The fourth-order valence-corrected chi connectivity index (χ4v) is 1.66. The number of carbonyl (C=O) groups is 1. The van der Waals surface area contributed by atoms with E-state index >= 15 is 0 Å². The second kappa shape index (κ2) is 5.63. The van der Waals surface area contributed by atoms with Crippen molar-refractivity contribution >= 4 is 5.97 Å². The summed E-state index contributed by atoms with van der Waals surface area (Å²) in [6.07, 6.45) is 0.389. The molecular weight excluding hydrogens is 206 g/mol. The topological polar surface area (TPSA) is 72.5 Å². The van der Waals surface area contributed by atoms with Gasteiger partial charge in [-0.1, -0.05) is 30.3 Å². The van der Waals surface area contributed by atoms with Gasteiger partial charge in [0, 0.05) is 13.7 Å². The number of methoxy groups -OCH3 is 1. The molecule has 1 aromatic rings. The summed E-state index contributed by atoms with van der Waals surface area (Å²) in [6.45, 7) is 0.443. The Bertz CT molecular complexity index is 339. The van der Waals surface area contributed by atoms with Crippen LogP contribution in [-0.4, -0.2) is 24.8 Å². The molecule has 0 aromatic heterocycles. The van der Waals surface area contributed by atoms with E-state index in [1.807, 2.05) is 30.3 Å². The summed E-state index contributed by atoms with van der Waals surface area (Å²) in [7, 11) is 1.58. The Morgan fingerprint density at radius 2 is 2.06 bits per heavy atom. The van der Waals surface area contributed by atoms with Gasteiger partial charge in [-0.3, -0.25) is 4.79 Å². The molecule has 4 heteroatoms. The quantitative estimate of drug-likeness (QED) is 0.763. The highest BCUT2D eigenvalue weighted by atomic mass is 16.5. The van der Waals surface area contributed by atoms with E-state index in [1.165, 1.54) is 0 Å². The van der Waals surface area contributed by atoms with Crippen LogP contribution in [0.25, 0.3) is 0 Å². The highest BCUT2D eigenvalue weighted by Gasteiger charge is 2.29. The van der Waals surface area contributed by atoms with Crippen molar-refractivity contribution in [2.45, 2.75) is 18.4 Å². The van der Waals surface area contributed by atoms with Crippen LogP contribution in [0.3, 0.4) is 0 Å². The van der Waals surface area contributed by atoms with E-state index in [0.717, 1.165) is 5.56 Å². The molecule has 3 N–H and O–H groups in total. The zero-order valence-corrected chi connectivity index (χ0v) is 9.35. The minimum Gasteiger partial charge on any atom is -0.481 e. The lowest BCUT2D eigenvalue weighted by Crippen LogP contribution is -2.40. The largest absolute Gasteiger partial charge is 0.481 e. The van der Waals surface area contributed by atoms with Crippen LogP contribution < -0.4 is 5.73 Å². The highest BCUT2D eigenvalue weighted by Crippen LogP contribution is 2.25. The Labute approximate surface area is 95.0 Å². The molecule has 4 nitrogen and oxygen atoms in total. The van der Waals surface area contributed by atoms with Gasteiger partial charge in [0.05, 0.1) is 12.0 Å². The molecule has 0 amide bonds. The fraction of sp³-hybridized carbons (Fsp3) is 0.417. The molecule has 0 spiro atoms. The molecule has 0 unspecified atom stereocenters. The molecule has 0 saturated carbocycles. The van der Waals surface area contributed by atoms with Crippen LogP contribution in [0.2, 0.25) is 0 Å². The normalized spacial score (nSPS) is 14.4. The van der Waals surface area contributed by atoms with Crippen molar-refractivity contribution in [1.29, 1.82) is 0 Å². The van der Waals surface area contributed by atoms with Crippen LogP contribution in [0.1, 0.15) is 18.4 Å². The highest BCUT2D eigenvalue weighted by molar-refractivity contribution is 5.68. The lowest BCUT2D eigenvalue weighted by Gasteiger charge is -2.28. The molecule has 0 heterocycles. The Morgan fingerprint density at radius 3 is 2.56 bits per heavy atom. The predicted molar refractivity (Wildman–Crippen MR) is 61.1 cm³/mol. The molecule has 88 valence electrons. The molecule has 1 rings (SSSR count).